The van der Waals surface area contributed by atoms with E-state index in [1.54, 1.807) is 0 Å². The topological polar surface area (TPSA) is 37.3 Å². The highest BCUT2D eigenvalue weighted by Crippen LogP contribution is 2.38. The fourth-order valence-electron chi connectivity index (χ4n) is 1.08. The average molecular weight is 273 g/mol. The smallest absolute Gasteiger partial charge is 0.417 e. The molecule has 0 saturated heterocycles. The molecule has 0 amide bonds. The molecule has 0 aliphatic carbocycles. The maximum Gasteiger partial charge on any atom is 0.417 e. The van der Waals surface area contributed by atoms with Gasteiger partial charge >= 0.3 is 6.18 Å². The number of Topliss-reactive ketones (excluding diaryl/α,β-unsaturated/α-hetero) is 1. The second-order valence-electron chi connectivity index (χ2n) is 2.90. The summed E-state index contributed by atoms with van der Waals surface area (Å²) in [5.41, 5.74) is -1.67. The second kappa shape index (κ2) is 4.51. The summed E-state index contributed by atoms with van der Waals surface area (Å²) in [7, 11) is 0. The predicted molar refractivity (Wildman–Crippen MR) is 53.2 cm³/mol. The summed E-state index contributed by atoms with van der Waals surface area (Å²) >= 11 is 10.5. The third-order valence-corrected chi connectivity index (χ3v) is 2.37. The van der Waals surface area contributed by atoms with Crippen LogP contribution < -0.4 is 0 Å². The van der Waals surface area contributed by atoms with E-state index in [0.717, 1.165) is 0 Å². The highest BCUT2D eigenvalue weighted by atomic mass is 35.5. The van der Waals surface area contributed by atoms with Crippen molar-refractivity contribution in [3.63, 3.8) is 0 Å². The van der Waals surface area contributed by atoms with Crippen molar-refractivity contribution in [2.75, 3.05) is 5.88 Å². The molecule has 0 atom stereocenters. The van der Waals surface area contributed by atoms with E-state index in [0.29, 0.717) is 12.1 Å². The summed E-state index contributed by atoms with van der Waals surface area (Å²) in [5.74, 6) is -1.95. The molecule has 1 aromatic carbocycles. The lowest BCUT2D eigenvalue weighted by Gasteiger charge is -2.11. The number of alkyl halides is 4. The van der Waals surface area contributed by atoms with Crippen LogP contribution in [-0.4, -0.2) is 16.8 Å². The van der Waals surface area contributed by atoms with Crippen LogP contribution in [0.5, 0.6) is 5.75 Å². The van der Waals surface area contributed by atoms with Crippen LogP contribution in [0.25, 0.3) is 0 Å². The second-order valence-corrected chi connectivity index (χ2v) is 3.58. The zero-order chi connectivity index (χ0) is 12.5. The first-order valence-electron chi connectivity index (χ1n) is 3.96. The summed E-state index contributed by atoms with van der Waals surface area (Å²) in [4.78, 5) is 11.1. The van der Waals surface area contributed by atoms with Gasteiger partial charge < -0.3 is 5.11 Å². The van der Waals surface area contributed by atoms with Gasteiger partial charge in [0.15, 0.2) is 5.78 Å². The van der Waals surface area contributed by atoms with E-state index in [2.05, 4.69) is 0 Å². The summed E-state index contributed by atoms with van der Waals surface area (Å²) in [6, 6.07) is 1.16. The molecule has 1 rings (SSSR count). The first kappa shape index (κ1) is 13.1. The number of carbonyl (C=O) groups is 1. The van der Waals surface area contributed by atoms with Crippen LogP contribution in [0.15, 0.2) is 12.1 Å². The summed E-state index contributed by atoms with van der Waals surface area (Å²) in [5, 5.41) is 8.58. The van der Waals surface area contributed by atoms with Crippen LogP contribution in [0.2, 0.25) is 5.02 Å². The minimum atomic E-state index is -4.69. The Hall–Kier alpha value is -0.940. The van der Waals surface area contributed by atoms with Gasteiger partial charge in [-0.2, -0.15) is 13.2 Å². The average Bonchev–Trinajstić information content (AvgIpc) is 2.14. The third kappa shape index (κ3) is 2.59. The number of phenols is 1. The monoisotopic (exact) mass is 272 g/mol. The summed E-state index contributed by atoms with van der Waals surface area (Å²) in [6.07, 6.45) is -4.69. The van der Waals surface area contributed by atoms with Crippen molar-refractivity contribution in [2.45, 2.75) is 6.18 Å². The van der Waals surface area contributed by atoms with E-state index in [-0.39, 0.29) is 0 Å². The van der Waals surface area contributed by atoms with E-state index in [9.17, 15) is 23.1 Å². The maximum atomic E-state index is 12.4. The lowest BCUT2D eigenvalue weighted by Crippen LogP contribution is -2.09. The van der Waals surface area contributed by atoms with Gasteiger partial charge in [0.1, 0.15) is 5.75 Å². The Labute approximate surface area is 98.6 Å². The molecule has 2 nitrogen and oxygen atoms in total. The first-order valence-corrected chi connectivity index (χ1v) is 4.87. The Morgan fingerprint density at radius 2 is 1.94 bits per heavy atom. The Kier molecular flexibility index (Phi) is 3.70. The Bertz CT molecular complexity index is 429. The molecular weight excluding hydrogens is 268 g/mol. The fraction of sp³-hybridized carbons (Fsp3) is 0.222. The molecule has 7 heteroatoms. The molecule has 1 N–H and O–H groups in total. The van der Waals surface area contributed by atoms with Crippen molar-refractivity contribution in [2.24, 2.45) is 0 Å². The van der Waals surface area contributed by atoms with Gasteiger partial charge in [0, 0.05) is 0 Å². The maximum absolute atomic E-state index is 12.4. The molecule has 0 saturated carbocycles. The fourth-order valence-corrected chi connectivity index (χ4v) is 1.48. The number of rotatable bonds is 2. The molecule has 0 spiro atoms. The Balaban J connectivity index is 3.39. The van der Waals surface area contributed by atoms with E-state index in [4.69, 9.17) is 23.2 Å². The molecule has 0 aliphatic rings. The molecule has 0 fully saturated rings. The molecule has 0 radical (unpaired) electrons. The van der Waals surface area contributed by atoms with Crippen molar-refractivity contribution in [1.29, 1.82) is 0 Å². The molecule has 0 aliphatic heterocycles. The van der Waals surface area contributed by atoms with Gasteiger partial charge in [0.05, 0.1) is 22.0 Å². The molecular formula is C9H5Cl2F3O2. The summed E-state index contributed by atoms with van der Waals surface area (Å²) in [6.45, 7) is 0. The molecule has 0 aromatic heterocycles. The van der Waals surface area contributed by atoms with Gasteiger partial charge in [-0.15, -0.1) is 11.6 Å². The van der Waals surface area contributed by atoms with Crippen LogP contribution >= 0.6 is 23.2 Å². The van der Waals surface area contributed by atoms with Crippen molar-refractivity contribution < 1.29 is 23.1 Å². The van der Waals surface area contributed by atoms with Gasteiger partial charge in [0.2, 0.25) is 0 Å². The van der Waals surface area contributed by atoms with Crippen molar-refractivity contribution >= 4 is 29.0 Å². The number of aromatic hydroxyl groups is 1. The lowest BCUT2D eigenvalue weighted by molar-refractivity contribution is -0.137. The first-order chi connectivity index (χ1) is 7.27. The minimum Gasteiger partial charge on any atom is -0.507 e. The molecule has 0 bridgehead atoms. The molecule has 0 unspecified atom stereocenters. The third-order valence-electron chi connectivity index (χ3n) is 1.81. The zero-order valence-electron chi connectivity index (χ0n) is 7.61. The van der Waals surface area contributed by atoms with E-state index in [1.807, 2.05) is 0 Å². The Morgan fingerprint density at radius 1 is 1.38 bits per heavy atom. The highest BCUT2D eigenvalue weighted by molar-refractivity contribution is 6.33. The van der Waals surface area contributed by atoms with Gasteiger partial charge in [-0.1, -0.05) is 11.6 Å². The van der Waals surface area contributed by atoms with Crippen molar-refractivity contribution in [3.8, 4) is 5.75 Å². The zero-order valence-corrected chi connectivity index (χ0v) is 9.12. The van der Waals surface area contributed by atoms with Crippen molar-refractivity contribution in [1.82, 2.24) is 0 Å². The largest absolute Gasteiger partial charge is 0.507 e. The molecule has 16 heavy (non-hydrogen) atoms. The van der Waals surface area contributed by atoms with Crippen LogP contribution in [0, 0.1) is 0 Å². The van der Waals surface area contributed by atoms with E-state index < -0.39 is 39.7 Å². The van der Waals surface area contributed by atoms with Crippen molar-refractivity contribution in [3.05, 3.63) is 28.3 Å². The summed E-state index contributed by atoms with van der Waals surface area (Å²) < 4.78 is 37.3. The van der Waals surface area contributed by atoms with E-state index >= 15 is 0 Å². The lowest BCUT2D eigenvalue weighted by atomic mass is 10.1. The highest BCUT2D eigenvalue weighted by Gasteiger charge is 2.34. The number of hydrogen-bond donors (Lipinski definition) is 1. The molecule has 0 heterocycles. The number of hydrogen-bond acceptors (Lipinski definition) is 2. The number of phenolic OH excluding ortho intramolecular Hbond substituents is 1. The quantitative estimate of drug-likeness (QED) is 0.661. The molecule has 88 valence electrons. The molecule has 1 aromatic rings. The number of ketones is 1. The van der Waals surface area contributed by atoms with Crippen LogP contribution in [-0.2, 0) is 6.18 Å². The standard InChI is InChI=1S/C9H5Cl2F3O2/c10-3-8(16)4-1-5(9(12,13)14)6(11)2-7(4)15/h1-2,15H,3H2. The van der Waals surface area contributed by atoms with Gasteiger partial charge in [-0.05, 0) is 12.1 Å². The number of benzene rings is 1. The Morgan fingerprint density at radius 3 is 2.38 bits per heavy atom. The predicted octanol–water partition coefficient (Wildman–Crippen LogP) is 3.49. The number of carbonyl (C=O) groups excluding carboxylic acids is 1. The SMILES string of the molecule is O=C(CCl)c1cc(C(F)(F)F)c(Cl)cc1O. The van der Waals surface area contributed by atoms with Crippen LogP contribution in [0.4, 0.5) is 13.2 Å². The van der Waals surface area contributed by atoms with Crippen LogP contribution in [0.3, 0.4) is 0 Å². The minimum absolute atomic E-state index is 0.488. The van der Waals surface area contributed by atoms with Gasteiger partial charge in [0.25, 0.3) is 0 Å². The van der Waals surface area contributed by atoms with Gasteiger partial charge in [-0.3, -0.25) is 4.79 Å². The van der Waals surface area contributed by atoms with Crippen LogP contribution in [0.1, 0.15) is 15.9 Å². The normalized spacial score (nSPS) is 11.6. The van der Waals surface area contributed by atoms with E-state index in [1.165, 1.54) is 0 Å². The number of halogens is 5. The van der Waals surface area contributed by atoms with Gasteiger partial charge in [-0.25, -0.2) is 0 Å².